The number of nitrogens with one attached hydrogen (secondary N) is 1. The van der Waals surface area contributed by atoms with Crippen LogP contribution in [-0.4, -0.2) is 10.9 Å². The van der Waals surface area contributed by atoms with Crippen LogP contribution in [-0.2, 0) is 10.3 Å². The molecule has 1 heterocycles. The smallest absolute Gasteiger partial charge is 0.221 e. The van der Waals surface area contributed by atoms with Gasteiger partial charge in [-0.3, -0.25) is 4.79 Å². The summed E-state index contributed by atoms with van der Waals surface area (Å²) in [5.74, 6) is 0.530. The van der Waals surface area contributed by atoms with Crippen molar-refractivity contribution >= 4 is 17.2 Å². The van der Waals surface area contributed by atoms with E-state index < -0.39 is 0 Å². The van der Waals surface area contributed by atoms with Gasteiger partial charge in [0.1, 0.15) is 5.01 Å². The molecule has 104 valence electrons. The quantitative estimate of drug-likeness (QED) is 0.857. The lowest BCUT2D eigenvalue weighted by atomic mass is 10.0. The molecule has 1 amide bonds. The van der Waals surface area contributed by atoms with Crippen LogP contribution >= 0.6 is 11.3 Å². The molecule has 1 aliphatic carbocycles. The molecule has 0 spiro atoms. The van der Waals surface area contributed by atoms with E-state index in [1.54, 1.807) is 11.3 Å². The van der Waals surface area contributed by atoms with E-state index in [2.05, 4.69) is 29.4 Å². The van der Waals surface area contributed by atoms with Crippen LogP contribution in [0, 0.1) is 19.8 Å². The zero-order valence-corrected chi connectivity index (χ0v) is 12.9. The van der Waals surface area contributed by atoms with Crippen molar-refractivity contribution in [2.75, 3.05) is 0 Å². The number of hydrogen-bond donors (Lipinski definition) is 1. The molecule has 0 bridgehead atoms. The summed E-state index contributed by atoms with van der Waals surface area (Å²) in [7, 11) is 0. The topological polar surface area (TPSA) is 42.0 Å². The normalized spacial score (nSPS) is 18.8. The van der Waals surface area contributed by atoms with Crippen molar-refractivity contribution in [2.45, 2.75) is 52.5 Å². The molecule has 0 aliphatic heterocycles. The van der Waals surface area contributed by atoms with Crippen LogP contribution < -0.4 is 5.32 Å². The molecule has 19 heavy (non-hydrogen) atoms. The Bertz CT molecular complexity index is 483. The van der Waals surface area contributed by atoms with Gasteiger partial charge >= 0.3 is 0 Å². The van der Waals surface area contributed by atoms with Crippen molar-refractivity contribution in [1.82, 2.24) is 10.3 Å². The number of rotatable bonds is 4. The fourth-order valence-electron chi connectivity index (χ4n) is 2.30. The number of amides is 1. The van der Waals surface area contributed by atoms with Gasteiger partial charge in [-0.2, -0.15) is 0 Å². The molecule has 0 saturated heterocycles. The Balaban J connectivity index is 1.99. The highest BCUT2D eigenvalue weighted by molar-refractivity contribution is 7.11. The number of carbonyl (C=O) groups is 1. The Morgan fingerprint density at radius 1 is 1.53 bits per heavy atom. The maximum absolute atomic E-state index is 12.1. The minimum Gasteiger partial charge on any atom is -0.345 e. The monoisotopic (exact) mass is 278 g/mol. The predicted octanol–water partition coefficient (Wildman–Crippen LogP) is 3.47. The third-order valence-electron chi connectivity index (χ3n) is 3.58. The molecule has 0 fully saturated rings. The fourth-order valence-corrected chi connectivity index (χ4v) is 3.27. The van der Waals surface area contributed by atoms with Crippen LogP contribution in [0.15, 0.2) is 12.2 Å². The summed E-state index contributed by atoms with van der Waals surface area (Å²) in [6.07, 6.45) is 7.11. The molecule has 0 aromatic carbocycles. The highest BCUT2D eigenvalue weighted by Crippen LogP contribution is 2.28. The Morgan fingerprint density at radius 3 is 2.79 bits per heavy atom. The average Bonchev–Trinajstić information content (AvgIpc) is 2.89. The van der Waals surface area contributed by atoms with Gasteiger partial charge in [-0.25, -0.2) is 4.98 Å². The molecule has 1 atom stereocenters. The minimum absolute atomic E-state index is 0.118. The third-order valence-corrected chi connectivity index (χ3v) is 4.97. The number of allylic oxidation sites excluding steroid dienone is 2. The lowest BCUT2D eigenvalue weighted by Crippen LogP contribution is -2.41. The summed E-state index contributed by atoms with van der Waals surface area (Å²) < 4.78 is 0. The van der Waals surface area contributed by atoms with Crippen molar-refractivity contribution in [3.63, 3.8) is 0 Å². The van der Waals surface area contributed by atoms with E-state index in [0.717, 1.165) is 23.5 Å². The maximum Gasteiger partial charge on any atom is 0.221 e. The summed E-state index contributed by atoms with van der Waals surface area (Å²) in [5.41, 5.74) is 0.671. The first-order chi connectivity index (χ1) is 8.88. The zero-order valence-electron chi connectivity index (χ0n) is 12.1. The Morgan fingerprint density at radius 2 is 2.26 bits per heavy atom. The molecule has 1 N–H and O–H groups in total. The molecule has 4 heteroatoms. The molecule has 3 nitrogen and oxygen atoms in total. The maximum atomic E-state index is 12.1. The number of nitrogens with zero attached hydrogens (tertiary/aromatic N) is 1. The van der Waals surface area contributed by atoms with Gasteiger partial charge in [0, 0.05) is 11.3 Å². The van der Waals surface area contributed by atoms with Crippen LogP contribution in [0.2, 0.25) is 0 Å². The summed E-state index contributed by atoms with van der Waals surface area (Å²) in [6, 6.07) is 0. The van der Waals surface area contributed by atoms with E-state index in [0.29, 0.717) is 12.3 Å². The minimum atomic E-state index is -0.386. The van der Waals surface area contributed by atoms with Crippen LogP contribution in [0.1, 0.15) is 48.7 Å². The number of thiazole rings is 1. The van der Waals surface area contributed by atoms with Gasteiger partial charge in [-0.05, 0) is 46.5 Å². The van der Waals surface area contributed by atoms with Gasteiger partial charge in [-0.15, -0.1) is 11.3 Å². The van der Waals surface area contributed by atoms with Crippen molar-refractivity contribution < 1.29 is 4.79 Å². The number of aryl methyl sites for hydroxylation is 2. The Hall–Kier alpha value is -1.16. The molecule has 0 radical (unpaired) electrons. The standard InChI is InChI=1S/C15H22N2OS/c1-10-11(2)19-14(16-10)15(3,4)17-13(18)9-12-7-5-6-8-12/h5,7,12H,6,8-9H2,1-4H3,(H,17,18)/t12-/m1/s1. The van der Waals surface area contributed by atoms with E-state index in [4.69, 9.17) is 0 Å². The SMILES string of the molecule is Cc1nc(C(C)(C)NC(=O)C[C@@H]2C=CCC2)sc1C. The fraction of sp³-hybridized carbons (Fsp3) is 0.600. The molecular formula is C15H22N2OS. The van der Waals surface area contributed by atoms with Gasteiger partial charge < -0.3 is 5.32 Å². The van der Waals surface area contributed by atoms with E-state index in [-0.39, 0.29) is 11.4 Å². The molecular weight excluding hydrogens is 256 g/mol. The van der Waals surface area contributed by atoms with Gasteiger partial charge in [0.15, 0.2) is 0 Å². The van der Waals surface area contributed by atoms with E-state index in [1.165, 1.54) is 4.88 Å². The number of carbonyl (C=O) groups excluding carboxylic acids is 1. The van der Waals surface area contributed by atoms with Gasteiger partial charge in [0.2, 0.25) is 5.91 Å². The molecule has 0 saturated carbocycles. The van der Waals surface area contributed by atoms with Crippen molar-refractivity contribution in [1.29, 1.82) is 0 Å². The second-order valence-electron chi connectivity index (χ2n) is 5.80. The molecule has 2 rings (SSSR count). The van der Waals surface area contributed by atoms with Crippen LogP contribution in [0.25, 0.3) is 0 Å². The molecule has 1 aliphatic rings. The van der Waals surface area contributed by atoms with Crippen molar-refractivity contribution in [3.8, 4) is 0 Å². The first-order valence-electron chi connectivity index (χ1n) is 6.80. The van der Waals surface area contributed by atoms with Crippen molar-refractivity contribution in [3.05, 3.63) is 27.7 Å². The zero-order chi connectivity index (χ0) is 14.0. The van der Waals surface area contributed by atoms with E-state index in [1.807, 2.05) is 20.8 Å². The van der Waals surface area contributed by atoms with Crippen LogP contribution in [0.4, 0.5) is 0 Å². The number of aromatic nitrogens is 1. The summed E-state index contributed by atoms with van der Waals surface area (Å²) >= 11 is 1.67. The summed E-state index contributed by atoms with van der Waals surface area (Å²) in [4.78, 5) is 17.9. The van der Waals surface area contributed by atoms with Crippen LogP contribution in [0.5, 0.6) is 0 Å². The molecule has 0 unspecified atom stereocenters. The molecule has 1 aromatic heterocycles. The first kappa shape index (κ1) is 14.3. The summed E-state index contributed by atoms with van der Waals surface area (Å²) in [6.45, 7) is 8.12. The average molecular weight is 278 g/mol. The van der Waals surface area contributed by atoms with Gasteiger partial charge in [-0.1, -0.05) is 12.2 Å². The highest BCUT2D eigenvalue weighted by atomic mass is 32.1. The van der Waals surface area contributed by atoms with Crippen molar-refractivity contribution in [2.24, 2.45) is 5.92 Å². The van der Waals surface area contributed by atoms with Crippen LogP contribution in [0.3, 0.4) is 0 Å². The van der Waals surface area contributed by atoms with E-state index in [9.17, 15) is 4.79 Å². The van der Waals surface area contributed by atoms with Gasteiger partial charge in [0.25, 0.3) is 0 Å². The first-order valence-corrected chi connectivity index (χ1v) is 7.62. The van der Waals surface area contributed by atoms with E-state index >= 15 is 0 Å². The largest absolute Gasteiger partial charge is 0.345 e. The Kier molecular flexibility index (Phi) is 4.09. The number of hydrogen-bond acceptors (Lipinski definition) is 3. The molecule has 1 aromatic rings. The lowest BCUT2D eigenvalue weighted by molar-refractivity contribution is -0.123. The van der Waals surface area contributed by atoms with Gasteiger partial charge in [0.05, 0.1) is 11.2 Å². The Labute approximate surface area is 119 Å². The second kappa shape index (κ2) is 5.45. The predicted molar refractivity (Wildman–Crippen MR) is 79.2 cm³/mol. The third kappa shape index (κ3) is 3.44. The highest BCUT2D eigenvalue weighted by Gasteiger charge is 2.27. The lowest BCUT2D eigenvalue weighted by Gasteiger charge is -2.24. The summed E-state index contributed by atoms with van der Waals surface area (Å²) in [5, 5.41) is 4.10. The second-order valence-corrected chi connectivity index (χ2v) is 7.01.